The van der Waals surface area contributed by atoms with Crippen LogP contribution in [0.2, 0.25) is 0 Å². The number of amides is 1. The van der Waals surface area contributed by atoms with Crippen molar-refractivity contribution in [1.29, 1.82) is 0 Å². The number of carbonyl (C=O) groups is 3. The lowest BCUT2D eigenvalue weighted by molar-refractivity contribution is -0.193. The molecule has 0 aromatic carbocycles. The van der Waals surface area contributed by atoms with Gasteiger partial charge in [-0.3, -0.25) is 14.7 Å². The molecule has 2 aromatic rings. The van der Waals surface area contributed by atoms with E-state index >= 15 is 0 Å². The quantitative estimate of drug-likeness (QED) is 0.543. The van der Waals surface area contributed by atoms with E-state index in [0.29, 0.717) is 18.9 Å². The summed E-state index contributed by atoms with van der Waals surface area (Å²) >= 11 is 0. The minimum Gasteiger partial charge on any atom is -0.475 e. The van der Waals surface area contributed by atoms with Crippen molar-refractivity contribution in [3.63, 3.8) is 0 Å². The largest absolute Gasteiger partial charge is 0.490 e. The molecule has 2 N–H and O–H groups in total. The Kier molecular flexibility index (Phi) is 10.3. The maximum absolute atomic E-state index is 12.5. The number of alkyl halides is 6. The molecule has 210 valence electrons. The molecule has 0 atom stereocenters. The molecule has 38 heavy (non-hydrogen) atoms. The highest BCUT2D eigenvalue weighted by molar-refractivity contribution is 5.79. The predicted octanol–water partition coefficient (Wildman–Crippen LogP) is 4.10. The summed E-state index contributed by atoms with van der Waals surface area (Å²) < 4.78 is 68.6. The van der Waals surface area contributed by atoms with E-state index in [0.717, 1.165) is 44.5 Å². The number of likely N-dealkylation sites (tertiary alicyclic amines) is 2. The van der Waals surface area contributed by atoms with Crippen LogP contribution in [0.1, 0.15) is 36.8 Å². The van der Waals surface area contributed by atoms with Crippen LogP contribution in [0.25, 0.3) is 0 Å². The number of pyridine rings is 1. The number of aromatic nitrogens is 1. The van der Waals surface area contributed by atoms with Crippen molar-refractivity contribution in [2.75, 3.05) is 13.1 Å². The number of hydrogen-bond acceptors (Lipinski definition) is 6. The Morgan fingerprint density at radius 3 is 1.97 bits per heavy atom. The Balaban J connectivity index is 0.000000301. The second-order valence-electron chi connectivity index (χ2n) is 8.58. The van der Waals surface area contributed by atoms with E-state index in [1.165, 1.54) is 5.56 Å². The van der Waals surface area contributed by atoms with Crippen LogP contribution in [0.15, 0.2) is 47.5 Å². The molecule has 15 heteroatoms. The first-order chi connectivity index (χ1) is 17.6. The standard InChI is InChI=1S/C19H23N3O2.2C2HF3O2/c23-18-3-5-19(22(18)14-16-2-1-8-20-12-16)6-9-21(10-7-19)13-17-4-11-24-15-17;2*3-2(4,5)1(6)7/h1-2,4,8,11-12,15H,3,5-7,9-10,13-14H2;2*(H,6,7). The Morgan fingerprint density at radius 1 is 0.947 bits per heavy atom. The smallest absolute Gasteiger partial charge is 0.475 e. The zero-order chi connectivity index (χ0) is 28.6. The highest BCUT2D eigenvalue weighted by atomic mass is 19.4. The van der Waals surface area contributed by atoms with Crippen molar-refractivity contribution in [2.24, 2.45) is 0 Å². The third-order valence-corrected chi connectivity index (χ3v) is 6.00. The number of carboxylic acid groups (broad SMARTS) is 2. The first-order valence-corrected chi connectivity index (χ1v) is 11.2. The molecule has 0 aliphatic carbocycles. The molecule has 2 aliphatic rings. The summed E-state index contributed by atoms with van der Waals surface area (Å²) in [5, 5.41) is 14.2. The van der Waals surface area contributed by atoms with Crippen LogP contribution in [-0.4, -0.2) is 73.8 Å². The SMILES string of the molecule is O=C(O)C(F)(F)F.O=C(O)C(F)(F)F.O=C1CCC2(CCN(Cc3ccoc3)CC2)N1Cc1cccnc1. The van der Waals surface area contributed by atoms with Crippen molar-refractivity contribution in [1.82, 2.24) is 14.8 Å². The number of aliphatic carboxylic acids is 2. The highest BCUT2D eigenvalue weighted by Crippen LogP contribution is 2.40. The van der Waals surface area contributed by atoms with Crippen LogP contribution >= 0.6 is 0 Å². The van der Waals surface area contributed by atoms with E-state index in [2.05, 4.69) is 20.9 Å². The molecule has 0 unspecified atom stereocenters. The van der Waals surface area contributed by atoms with Crippen LogP contribution in [0.4, 0.5) is 26.3 Å². The van der Waals surface area contributed by atoms with Gasteiger partial charge in [0, 0.05) is 56.1 Å². The van der Waals surface area contributed by atoms with E-state index in [9.17, 15) is 31.1 Å². The van der Waals surface area contributed by atoms with Crippen molar-refractivity contribution in [3.05, 3.63) is 54.2 Å². The molecule has 1 amide bonds. The molecule has 4 rings (SSSR count). The van der Waals surface area contributed by atoms with Gasteiger partial charge in [0.05, 0.1) is 12.5 Å². The molecule has 2 fully saturated rings. The lowest BCUT2D eigenvalue weighted by atomic mass is 9.84. The summed E-state index contributed by atoms with van der Waals surface area (Å²) in [7, 11) is 0. The van der Waals surface area contributed by atoms with Crippen LogP contribution in [0.3, 0.4) is 0 Å². The Labute approximate surface area is 212 Å². The van der Waals surface area contributed by atoms with Crippen LogP contribution in [0, 0.1) is 0 Å². The Bertz CT molecular complexity index is 1030. The van der Waals surface area contributed by atoms with Gasteiger partial charge in [-0.15, -0.1) is 0 Å². The van der Waals surface area contributed by atoms with E-state index in [1.54, 1.807) is 12.5 Å². The van der Waals surface area contributed by atoms with Gasteiger partial charge in [0.25, 0.3) is 0 Å². The number of hydrogen-bond donors (Lipinski definition) is 2. The lowest BCUT2D eigenvalue weighted by Crippen LogP contribution is -2.52. The zero-order valence-corrected chi connectivity index (χ0v) is 19.8. The summed E-state index contributed by atoms with van der Waals surface area (Å²) in [6, 6.07) is 6.02. The molecule has 4 heterocycles. The summed E-state index contributed by atoms with van der Waals surface area (Å²) in [4.78, 5) is 39.0. The minimum absolute atomic E-state index is 0.0415. The van der Waals surface area contributed by atoms with Gasteiger partial charge in [-0.25, -0.2) is 9.59 Å². The fourth-order valence-electron chi connectivity index (χ4n) is 4.09. The third-order valence-electron chi connectivity index (χ3n) is 6.00. The summed E-state index contributed by atoms with van der Waals surface area (Å²) in [6.07, 6.45) is 0.804. The van der Waals surface area contributed by atoms with Gasteiger partial charge < -0.3 is 19.5 Å². The van der Waals surface area contributed by atoms with E-state index in [1.807, 2.05) is 24.6 Å². The molecule has 9 nitrogen and oxygen atoms in total. The Morgan fingerprint density at radius 2 is 1.53 bits per heavy atom. The lowest BCUT2D eigenvalue weighted by Gasteiger charge is -2.45. The molecular weight excluding hydrogens is 528 g/mol. The van der Waals surface area contributed by atoms with Crippen molar-refractivity contribution in [3.8, 4) is 0 Å². The summed E-state index contributed by atoms with van der Waals surface area (Å²) in [5.41, 5.74) is 2.38. The minimum atomic E-state index is -5.08. The fourth-order valence-corrected chi connectivity index (χ4v) is 4.09. The van der Waals surface area contributed by atoms with Gasteiger partial charge in [0.2, 0.25) is 5.91 Å². The fraction of sp³-hybridized carbons (Fsp3) is 0.478. The van der Waals surface area contributed by atoms with Gasteiger partial charge in [0.15, 0.2) is 0 Å². The van der Waals surface area contributed by atoms with E-state index < -0.39 is 24.3 Å². The number of furan rings is 1. The number of rotatable bonds is 4. The van der Waals surface area contributed by atoms with Crippen molar-refractivity contribution < 1.29 is 55.4 Å². The molecule has 2 aromatic heterocycles. The molecule has 2 aliphatic heterocycles. The molecule has 2 saturated heterocycles. The first kappa shape index (κ1) is 30.6. The summed E-state index contributed by atoms with van der Waals surface area (Å²) in [5.74, 6) is -5.22. The summed E-state index contributed by atoms with van der Waals surface area (Å²) in [6.45, 7) is 3.68. The second kappa shape index (κ2) is 12.8. The number of nitrogens with zero attached hydrogens (tertiary/aromatic N) is 3. The number of halogens is 6. The van der Waals surface area contributed by atoms with Gasteiger partial charge >= 0.3 is 24.3 Å². The number of piperidine rings is 1. The van der Waals surface area contributed by atoms with Gasteiger partial charge in [-0.05, 0) is 37.0 Å². The molecule has 0 radical (unpaired) electrons. The normalized spacial score (nSPS) is 17.3. The highest BCUT2D eigenvalue weighted by Gasteiger charge is 2.46. The van der Waals surface area contributed by atoms with E-state index in [-0.39, 0.29) is 5.54 Å². The Hall–Kier alpha value is -3.62. The second-order valence-corrected chi connectivity index (χ2v) is 8.58. The van der Waals surface area contributed by atoms with Crippen LogP contribution in [0.5, 0.6) is 0 Å². The third kappa shape index (κ3) is 9.04. The topological polar surface area (TPSA) is 124 Å². The van der Waals surface area contributed by atoms with E-state index in [4.69, 9.17) is 24.2 Å². The van der Waals surface area contributed by atoms with Gasteiger partial charge in [0.1, 0.15) is 0 Å². The maximum atomic E-state index is 12.5. The van der Waals surface area contributed by atoms with Crippen molar-refractivity contribution in [2.45, 2.75) is 56.7 Å². The average molecular weight is 553 g/mol. The average Bonchev–Trinajstić information content (AvgIpc) is 3.45. The van der Waals surface area contributed by atoms with Crippen molar-refractivity contribution >= 4 is 17.8 Å². The first-order valence-electron chi connectivity index (χ1n) is 11.2. The zero-order valence-electron chi connectivity index (χ0n) is 19.8. The van der Waals surface area contributed by atoms with Crippen LogP contribution < -0.4 is 0 Å². The number of carbonyl (C=O) groups excluding carboxylic acids is 1. The van der Waals surface area contributed by atoms with Crippen LogP contribution in [-0.2, 0) is 27.5 Å². The number of carboxylic acids is 2. The maximum Gasteiger partial charge on any atom is 0.490 e. The van der Waals surface area contributed by atoms with Gasteiger partial charge in [-0.1, -0.05) is 6.07 Å². The molecular formula is C23H25F6N3O6. The monoisotopic (exact) mass is 553 g/mol. The molecule has 0 saturated carbocycles. The molecule has 0 bridgehead atoms. The van der Waals surface area contributed by atoms with Gasteiger partial charge in [-0.2, -0.15) is 26.3 Å². The predicted molar refractivity (Wildman–Crippen MR) is 117 cm³/mol. The molecule has 1 spiro atoms.